The maximum absolute atomic E-state index is 12.3. The monoisotopic (exact) mass is 260 g/mol. The van der Waals surface area contributed by atoms with E-state index < -0.39 is 0 Å². The zero-order valence-corrected chi connectivity index (χ0v) is 11.1. The van der Waals surface area contributed by atoms with E-state index in [2.05, 4.69) is 21.9 Å². The van der Waals surface area contributed by atoms with Gasteiger partial charge in [-0.05, 0) is 25.0 Å². The molecule has 2 aliphatic heterocycles. The van der Waals surface area contributed by atoms with Crippen LogP contribution in [-0.4, -0.2) is 49.7 Å². The van der Waals surface area contributed by atoms with E-state index in [0.717, 1.165) is 44.8 Å². The largest absolute Gasteiger partial charge is 0.381 e. The van der Waals surface area contributed by atoms with Crippen molar-refractivity contribution in [3.63, 3.8) is 0 Å². The summed E-state index contributed by atoms with van der Waals surface area (Å²) < 4.78 is 5.37. The van der Waals surface area contributed by atoms with Crippen molar-refractivity contribution in [1.82, 2.24) is 4.90 Å². The molecule has 0 bridgehead atoms. The second-order valence-corrected chi connectivity index (χ2v) is 5.19. The van der Waals surface area contributed by atoms with E-state index in [1.54, 1.807) is 0 Å². The van der Waals surface area contributed by atoms with E-state index in [4.69, 9.17) is 4.74 Å². The summed E-state index contributed by atoms with van der Waals surface area (Å²) in [4.78, 5) is 16.5. The van der Waals surface area contributed by atoms with E-state index in [1.807, 2.05) is 18.2 Å². The van der Waals surface area contributed by atoms with E-state index in [0.29, 0.717) is 12.6 Å². The van der Waals surface area contributed by atoms with Crippen molar-refractivity contribution in [2.75, 3.05) is 37.7 Å². The van der Waals surface area contributed by atoms with Gasteiger partial charge in [-0.25, -0.2) is 0 Å². The number of ether oxygens (including phenoxy) is 1. The van der Waals surface area contributed by atoms with Crippen LogP contribution in [0.1, 0.15) is 12.8 Å². The minimum atomic E-state index is 0.252. The SMILES string of the molecule is O=C1CN(c2ccccc2)CCN1C1CCOCC1. The third-order valence-corrected chi connectivity index (χ3v) is 4.01. The molecular weight excluding hydrogens is 240 g/mol. The normalized spacial score (nSPS) is 21.8. The molecule has 3 rings (SSSR count). The first-order valence-corrected chi connectivity index (χ1v) is 7.02. The Hall–Kier alpha value is -1.55. The summed E-state index contributed by atoms with van der Waals surface area (Å²) in [6.07, 6.45) is 1.97. The van der Waals surface area contributed by atoms with Gasteiger partial charge in [0.15, 0.2) is 0 Å². The molecule has 1 aromatic rings. The Morgan fingerprint density at radius 2 is 1.79 bits per heavy atom. The highest BCUT2D eigenvalue weighted by molar-refractivity contribution is 5.83. The molecule has 102 valence electrons. The number of para-hydroxylation sites is 1. The fourth-order valence-electron chi connectivity index (χ4n) is 2.93. The first kappa shape index (κ1) is 12.5. The Kier molecular flexibility index (Phi) is 3.69. The van der Waals surface area contributed by atoms with Gasteiger partial charge in [0, 0.05) is 38.0 Å². The first-order valence-electron chi connectivity index (χ1n) is 7.02. The van der Waals surface area contributed by atoms with Crippen molar-refractivity contribution >= 4 is 11.6 Å². The van der Waals surface area contributed by atoms with Crippen molar-refractivity contribution in [1.29, 1.82) is 0 Å². The Morgan fingerprint density at radius 1 is 1.05 bits per heavy atom. The second-order valence-electron chi connectivity index (χ2n) is 5.19. The highest BCUT2D eigenvalue weighted by atomic mass is 16.5. The number of benzene rings is 1. The summed E-state index contributed by atoms with van der Waals surface area (Å²) in [5.74, 6) is 0.252. The number of rotatable bonds is 2. The van der Waals surface area contributed by atoms with Crippen molar-refractivity contribution < 1.29 is 9.53 Å². The van der Waals surface area contributed by atoms with Crippen LogP contribution in [0.2, 0.25) is 0 Å². The van der Waals surface area contributed by atoms with Gasteiger partial charge < -0.3 is 14.5 Å². The lowest BCUT2D eigenvalue weighted by Gasteiger charge is -2.41. The van der Waals surface area contributed by atoms with Crippen molar-refractivity contribution in [2.45, 2.75) is 18.9 Å². The van der Waals surface area contributed by atoms with Crippen LogP contribution < -0.4 is 4.90 Å². The third-order valence-electron chi connectivity index (χ3n) is 4.01. The zero-order valence-electron chi connectivity index (χ0n) is 11.1. The van der Waals surface area contributed by atoms with Crippen molar-refractivity contribution in [2.24, 2.45) is 0 Å². The van der Waals surface area contributed by atoms with Gasteiger partial charge in [0.25, 0.3) is 0 Å². The minimum absolute atomic E-state index is 0.252. The number of nitrogens with zero attached hydrogens (tertiary/aromatic N) is 2. The molecule has 4 nitrogen and oxygen atoms in total. The average molecular weight is 260 g/mol. The van der Waals surface area contributed by atoms with Gasteiger partial charge in [0.2, 0.25) is 5.91 Å². The molecule has 4 heteroatoms. The van der Waals surface area contributed by atoms with E-state index in [1.165, 1.54) is 0 Å². The number of hydrogen-bond donors (Lipinski definition) is 0. The highest BCUT2D eigenvalue weighted by Gasteiger charge is 2.30. The molecule has 2 heterocycles. The fraction of sp³-hybridized carbons (Fsp3) is 0.533. The Morgan fingerprint density at radius 3 is 2.47 bits per heavy atom. The minimum Gasteiger partial charge on any atom is -0.381 e. The summed E-state index contributed by atoms with van der Waals surface area (Å²) in [5, 5.41) is 0. The zero-order chi connectivity index (χ0) is 13.1. The molecule has 0 aromatic heterocycles. The van der Waals surface area contributed by atoms with Crippen LogP contribution in [0.4, 0.5) is 5.69 Å². The molecule has 2 saturated heterocycles. The summed E-state index contributed by atoms with van der Waals surface area (Å²) in [6.45, 7) is 3.83. The van der Waals surface area contributed by atoms with Gasteiger partial charge in [-0.1, -0.05) is 18.2 Å². The molecule has 0 aliphatic carbocycles. The molecule has 1 aromatic carbocycles. The van der Waals surface area contributed by atoms with Crippen LogP contribution in [-0.2, 0) is 9.53 Å². The molecule has 2 fully saturated rings. The van der Waals surface area contributed by atoms with Gasteiger partial charge >= 0.3 is 0 Å². The quantitative estimate of drug-likeness (QED) is 0.808. The maximum atomic E-state index is 12.3. The fourth-order valence-corrected chi connectivity index (χ4v) is 2.93. The molecule has 0 radical (unpaired) electrons. The molecule has 19 heavy (non-hydrogen) atoms. The summed E-state index contributed by atoms with van der Waals surface area (Å²) in [5.41, 5.74) is 1.14. The average Bonchev–Trinajstić information content (AvgIpc) is 2.49. The lowest BCUT2D eigenvalue weighted by atomic mass is 10.1. The third kappa shape index (κ3) is 2.73. The second kappa shape index (κ2) is 5.61. The Labute approximate surface area is 113 Å². The number of amides is 1. The van der Waals surface area contributed by atoms with E-state index in [-0.39, 0.29) is 5.91 Å². The predicted molar refractivity (Wildman–Crippen MR) is 74.2 cm³/mol. The van der Waals surface area contributed by atoms with Gasteiger partial charge in [-0.3, -0.25) is 4.79 Å². The number of hydrogen-bond acceptors (Lipinski definition) is 3. The van der Waals surface area contributed by atoms with Crippen LogP contribution in [0.25, 0.3) is 0 Å². The van der Waals surface area contributed by atoms with Gasteiger partial charge in [-0.15, -0.1) is 0 Å². The molecular formula is C15H20N2O2. The van der Waals surface area contributed by atoms with Crippen LogP contribution in [0, 0.1) is 0 Å². The summed E-state index contributed by atoms with van der Waals surface area (Å²) in [6, 6.07) is 10.6. The molecule has 0 unspecified atom stereocenters. The van der Waals surface area contributed by atoms with Crippen LogP contribution >= 0.6 is 0 Å². The van der Waals surface area contributed by atoms with Gasteiger partial charge in [-0.2, -0.15) is 0 Å². The number of piperazine rings is 1. The van der Waals surface area contributed by atoms with E-state index >= 15 is 0 Å². The Balaban J connectivity index is 1.64. The maximum Gasteiger partial charge on any atom is 0.242 e. The van der Waals surface area contributed by atoms with Crippen molar-refractivity contribution in [3.8, 4) is 0 Å². The van der Waals surface area contributed by atoms with Gasteiger partial charge in [0.1, 0.15) is 0 Å². The molecule has 0 saturated carbocycles. The van der Waals surface area contributed by atoms with Crippen LogP contribution in [0.15, 0.2) is 30.3 Å². The number of carbonyl (C=O) groups is 1. The standard InChI is InChI=1S/C15H20N2O2/c18-15-12-16(13-4-2-1-3-5-13)8-9-17(15)14-6-10-19-11-7-14/h1-5,14H,6-12H2. The lowest BCUT2D eigenvalue weighted by molar-refractivity contribution is -0.135. The molecule has 0 spiro atoms. The lowest BCUT2D eigenvalue weighted by Crippen LogP contribution is -2.55. The first-order chi connectivity index (χ1) is 9.34. The van der Waals surface area contributed by atoms with Crippen LogP contribution in [0.3, 0.4) is 0 Å². The summed E-state index contributed by atoms with van der Waals surface area (Å²) in [7, 11) is 0. The predicted octanol–water partition coefficient (Wildman–Crippen LogP) is 1.51. The highest BCUT2D eigenvalue weighted by Crippen LogP contribution is 2.20. The van der Waals surface area contributed by atoms with E-state index in [9.17, 15) is 4.79 Å². The van der Waals surface area contributed by atoms with Crippen LogP contribution in [0.5, 0.6) is 0 Å². The number of anilines is 1. The van der Waals surface area contributed by atoms with Crippen molar-refractivity contribution in [3.05, 3.63) is 30.3 Å². The Bertz CT molecular complexity index is 429. The molecule has 2 aliphatic rings. The summed E-state index contributed by atoms with van der Waals surface area (Å²) >= 11 is 0. The topological polar surface area (TPSA) is 32.8 Å². The number of carbonyl (C=O) groups excluding carboxylic acids is 1. The molecule has 0 N–H and O–H groups in total. The molecule has 0 atom stereocenters. The molecule has 1 amide bonds. The smallest absolute Gasteiger partial charge is 0.242 e. The van der Waals surface area contributed by atoms with Gasteiger partial charge in [0.05, 0.1) is 6.54 Å².